The summed E-state index contributed by atoms with van der Waals surface area (Å²) in [7, 11) is 0. The Labute approximate surface area is 148 Å². The third-order valence-corrected chi connectivity index (χ3v) is 5.27. The predicted octanol–water partition coefficient (Wildman–Crippen LogP) is 2.93. The fourth-order valence-electron chi connectivity index (χ4n) is 3.18. The number of anilines is 1. The number of rotatable bonds is 3. The number of fused-ring (bicyclic) bond motifs is 1. The molecule has 0 aliphatic carbocycles. The van der Waals surface area contributed by atoms with E-state index in [9.17, 15) is 9.59 Å². The molecule has 0 bridgehead atoms. The van der Waals surface area contributed by atoms with Crippen molar-refractivity contribution >= 4 is 22.9 Å². The van der Waals surface area contributed by atoms with Gasteiger partial charge in [0.15, 0.2) is 0 Å². The molecule has 6 nitrogen and oxygen atoms in total. The molecule has 0 unspecified atom stereocenters. The predicted molar refractivity (Wildman–Crippen MR) is 95.8 cm³/mol. The van der Waals surface area contributed by atoms with E-state index in [0.29, 0.717) is 0 Å². The molecule has 3 heterocycles. The number of hydrogen-bond donors (Lipinski definition) is 0. The molecule has 3 aromatic rings. The molecule has 0 saturated carbocycles. The van der Waals surface area contributed by atoms with Crippen LogP contribution in [0.1, 0.15) is 18.9 Å². The third-order valence-electron chi connectivity index (χ3n) is 4.42. The molecule has 1 aliphatic rings. The van der Waals surface area contributed by atoms with E-state index in [1.807, 2.05) is 48.7 Å². The lowest BCUT2D eigenvalue weighted by Crippen LogP contribution is -2.44. The number of benzene rings is 1. The third kappa shape index (κ3) is 2.91. The number of carbonyl (C=O) groups is 1. The standard InChI is InChI=1S/C18H17N3O3S/c1-12-8-9-13-5-2-3-6-14(13)21(12)16(22)11-20-18(23)24-17(19-20)15-7-4-10-25-15/h2-7,10,12H,8-9,11H2,1H3/t12-/m0/s1. The number of carbonyl (C=O) groups excluding carboxylic acids is 1. The fourth-order valence-corrected chi connectivity index (χ4v) is 3.82. The van der Waals surface area contributed by atoms with E-state index in [-0.39, 0.29) is 24.4 Å². The van der Waals surface area contributed by atoms with Crippen LogP contribution in [0.2, 0.25) is 0 Å². The first-order valence-corrected chi connectivity index (χ1v) is 9.03. The van der Waals surface area contributed by atoms with Crippen LogP contribution in [-0.2, 0) is 17.8 Å². The summed E-state index contributed by atoms with van der Waals surface area (Å²) in [4.78, 5) is 27.5. The average Bonchev–Trinajstić information content (AvgIpc) is 3.25. The second kappa shape index (κ2) is 6.33. The van der Waals surface area contributed by atoms with Gasteiger partial charge in [-0.1, -0.05) is 24.3 Å². The Morgan fingerprint density at radius 1 is 1.32 bits per heavy atom. The molecule has 0 spiro atoms. The monoisotopic (exact) mass is 355 g/mol. The van der Waals surface area contributed by atoms with Gasteiger partial charge in [-0.05, 0) is 42.8 Å². The lowest BCUT2D eigenvalue weighted by molar-refractivity contribution is -0.120. The minimum absolute atomic E-state index is 0.0850. The molecule has 0 saturated heterocycles. The number of thiophene rings is 1. The molecule has 2 aromatic heterocycles. The maximum atomic E-state index is 12.9. The highest BCUT2D eigenvalue weighted by atomic mass is 32.1. The summed E-state index contributed by atoms with van der Waals surface area (Å²) in [6.45, 7) is 1.89. The maximum Gasteiger partial charge on any atom is 0.437 e. The molecular weight excluding hydrogens is 338 g/mol. The Morgan fingerprint density at radius 2 is 2.16 bits per heavy atom. The van der Waals surface area contributed by atoms with Crippen LogP contribution in [0.5, 0.6) is 0 Å². The van der Waals surface area contributed by atoms with Crippen LogP contribution >= 0.6 is 11.3 Å². The van der Waals surface area contributed by atoms with Crippen LogP contribution in [0.25, 0.3) is 10.8 Å². The highest BCUT2D eigenvalue weighted by molar-refractivity contribution is 7.13. The Balaban J connectivity index is 1.62. The molecule has 1 atom stereocenters. The van der Waals surface area contributed by atoms with Gasteiger partial charge in [0, 0.05) is 11.7 Å². The van der Waals surface area contributed by atoms with Gasteiger partial charge in [-0.15, -0.1) is 16.4 Å². The van der Waals surface area contributed by atoms with E-state index in [1.165, 1.54) is 11.3 Å². The van der Waals surface area contributed by atoms with Crippen molar-refractivity contribution in [2.75, 3.05) is 4.90 Å². The summed E-state index contributed by atoms with van der Waals surface area (Å²) < 4.78 is 6.28. The second-order valence-electron chi connectivity index (χ2n) is 6.09. The minimum atomic E-state index is -0.616. The van der Waals surface area contributed by atoms with Crippen molar-refractivity contribution in [1.29, 1.82) is 0 Å². The molecule has 0 radical (unpaired) electrons. The summed E-state index contributed by atoms with van der Waals surface area (Å²) in [5.41, 5.74) is 2.07. The lowest BCUT2D eigenvalue weighted by Gasteiger charge is -2.35. The van der Waals surface area contributed by atoms with Gasteiger partial charge in [0.1, 0.15) is 6.54 Å². The lowest BCUT2D eigenvalue weighted by atomic mass is 9.96. The van der Waals surface area contributed by atoms with Gasteiger partial charge in [0.25, 0.3) is 5.89 Å². The highest BCUT2D eigenvalue weighted by Gasteiger charge is 2.28. The van der Waals surface area contributed by atoms with Gasteiger partial charge in [0.2, 0.25) is 5.91 Å². The van der Waals surface area contributed by atoms with Gasteiger partial charge in [-0.3, -0.25) is 4.79 Å². The first-order chi connectivity index (χ1) is 12.1. The summed E-state index contributed by atoms with van der Waals surface area (Å²) in [5.74, 6) is -0.526. The van der Waals surface area contributed by atoms with Crippen molar-refractivity contribution in [2.24, 2.45) is 0 Å². The SMILES string of the molecule is C[C@H]1CCc2ccccc2N1C(=O)Cn1nc(-c2cccs2)oc1=O. The van der Waals surface area contributed by atoms with Gasteiger partial charge in [0.05, 0.1) is 4.88 Å². The van der Waals surface area contributed by atoms with Crippen LogP contribution in [0.4, 0.5) is 5.69 Å². The fraction of sp³-hybridized carbons (Fsp3) is 0.278. The molecule has 0 N–H and O–H groups in total. The first-order valence-electron chi connectivity index (χ1n) is 8.15. The van der Waals surface area contributed by atoms with Crippen LogP contribution in [0.3, 0.4) is 0 Å². The molecule has 4 rings (SSSR count). The van der Waals surface area contributed by atoms with Crippen LogP contribution in [-0.4, -0.2) is 21.7 Å². The van der Waals surface area contributed by atoms with Gasteiger partial charge < -0.3 is 9.32 Å². The van der Waals surface area contributed by atoms with E-state index in [4.69, 9.17) is 4.42 Å². The Morgan fingerprint density at radius 3 is 2.96 bits per heavy atom. The summed E-state index contributed by atoms with van der Waals surface area (Å²) in [5, 5.41) is 6.05. The number of hydrogen-bond acceptors (Lipinski definition) is 5. The Bertz CT molecular complexity index is 958. The van der Waals surface area contributed by atoms with Gasteiger partial charge >= 0.3 is 5.76 Å². The topological polar surface area (TPSA) is 68.3 Å². The zero-order chi connectivity index (χ0) is 17.4. The van der Waals surface area contributed by atoms with Gasteiger partial charge in [-0.2, -0.15) is 4.68 Å². The maximum absolute atomic E-state index is 12.9. The van der Waals surface area contributed by atoms with Gasteiger partial charge in [-0.25, -0.2) is 4.79 Å². The molecule has 0 fully saturated rings. The average molecular weight is 355 g/mol. The Kier molecular flexibility index (Phi) is 4.01. The number of para-hydroxylation sites is 1. The van der Waals surface area contributed by atoms with Crippen molar-refractivity contribution in [2.45, 2.75) is 32.4 Å². The first kappa shape index (κ1) is 15.8. The zero-order valence-corrected chi connectivity index (χ0v) is 14.5. The smallest absolute Gasteiger partial charge is 0.387 e. The molecular formula is C18H17N3O3S. The summed E-state index contributed by atoms with van der Waals surface area (Å²) in [6.07, 6.45) is 1.85. The summed E-state index contributed by atoms with van der Waals surface area (Å²) in [6, 6.07) is 11.7. The molecule has 7 heteroatoms. The highest BCUT2D eigenvalue weighted by Crippen LogP contribution is 2.30. The van der Waals surface area contributed by atoms with Crippen LogP contribution in [0.15, 0.2) is 51.0 Å². The normalized spacial score (nSPS) is 16.7. The number of aromatic nitrogens is 2. The number of aryl methyl sites for hydroxylation is 1. The van der Waals surface area contributed by atoms with Crippen molar-refractivity contribution in [3.8, 4) is 10.8 Å². The largest absolute Gasteiger partial charge is 0.437 e. The Hall–Kier alpha value is -2.67. The molecule has 128 valence electrons. The van der Waals surface area contributed by atoms with E-state index in [1.54, 1.807) is 4.90 Å². The second-order valence-corrected chi connectivity index (χ2v) is 7.04. The van der Waals surface area contributed by atoms with Crippen molar-refractivity contribution in [3.63, 3.8) is 0 Å². The van der Waals surface area contributed by atoms with E-state index in [0.717, 1.165) is 33.7 Å². The van der Waals surface area contributed by atoms with Crippen LogP contribution < -0.4 is 10.7 Å². The number of amides is 1. The van der Waals surface area contributed by atoms with Crippen LogP contribution in [0, 0.1) is 0 Å². The molecule has 1 aromatic carbocycles. The zero-order valence-electron chi connectivity index (χ0n) is 13.7. The molecule has 1 amide bonds. The number of nitrogens with zero attached hydrogens (tertiary/aromatic N) is 3. The minimum Gasteiger partial charge on any atom is -0.387 e. The van der Waals surface area contributed by atoms with Crippen molar-refractivity contribution < 1.29 is 9.21 Å². The van der Waals surface area contributed by atoms with Crippen molar-refractivity contribution in [1.82, 2.24) is 9.78 Å². The van der Waals surface area contributed by atoms with E-state index >= 15 is 0 Å². The summed E-state index contributed by atoms with van der Waals surface area (Å²) >= 11 is 1.43. The molecule has 25 heavy (non-hydrogen) atoms. The quantitative estimate of drug-likeness (QED) is 0.724. The van der Waals surface area contributed by atoms with E-state index in [2.05, 4.69) is 5.10 Å². The van der Waals surface area contributed by atoms with E-state index < -0.39 is 5.76 Å². The molecule has 1 aliphatic heterocycles. The van der Waals surface area contributed by atoms with Crippen molar-refractivity contribution in [3.05, 3.63) is 57.9 Å².